The molecule has 0 unspecified atom stereocenters. The Balaban J connectivity index is 1.87. The van der Waals surface area contributed by atoms with Crippen molar-refractivity contribution in [2.75, 3.05) is 19.8 Å². The third kappa shape index (κ3) is 2.71. The lowest BCUT2D eigenvalue weighted by molar-refractivity contribution is 0.0684. The number of nitrogens with zero attached hydrogens (tertiary/aromatic N) is 2. The fourth-order valence-electron chi connectivity index (χ4n) is 3.06. The molecular formula is C14H21N3O3. The number of carboxylic acid groups (broad SMARTS) is 1. The number of ether oxygens (including phenoxy) is 1. The van der Waals surface area contributed by atoms with Crippen LogP contribution in [0.5, 0.6) is 0 Å². The lowest BCUT2D eigenvalue weighted by Crippen LogP contribution is -2.31. The summed E-state index contributed by atoms with van der Waals surface area (Å²) >= 11 is 0. The maximum Gasteiger partial charge on any atom is 0.339 e. The summed E-state index contributed by atoms with van der Waals surface area (Å²) in [7, 11) is 0. The predicted octanol–water partition coefficient (Wildman–Crippen LogP) is 1.75. The molecule has 2 aliphatic rings. The average molecular weight is 279 g/mol. The van der Waals surface area contributed by atoms with E-state index in [2.05, 4.69) is 10.4 Å². The van der Waals surface area contributed by atoms with E-state index >= 15 is 0 Å². The van der Waals surface area contributed by atoms with Gasteiger partial charge in [0.15, 0.2) is 0 Å². The van der Waals surface area contributed by atoms with Gasteiger partial charge in [0.1, 0.15) is 11.7 Å². The largest absolute Gasteiger partial charge is 0.478 e. The quantitative estimate of drug-likeness (QED) is 0.881. The summed E-state index contributed by atoms with van der Waals surface area (Å²) in [6, 6.07) is 0. The number of carbonyl (C=O) groups is 1. The molecule has 0 saturated carbocycles. The first-order valence-corrected chi connectivity index (χ1v) is 7.39. The van der Waals surface area contributed by atoms with E-state index < -0.39 is 5.97 Å². The van der Waals surface area contributed by atoms with Gasteiger partial charge in [-0.05, 0) is 38.6 Å². The number of aromatic carboxylic acids is 1. The molecular weight excluding hydrogens is 258 g/mol. The molecule has 1 aromatic rings. The average Bonchev–Trinajstić information content (AvgIpc) is 2.94. The summed E-state index contributed by atoms with van der Waals surface area (Å²) in [5.41, 5.74) is 1.08. The Hall–Kier alpha value is -1.40. The van der Waals surface area contributed by atoms with Gasteiger partial charge in [-0.15, -0.1) is 0 Å². The van der Waals surface area contributed by atoms with Crippen LogP contribution in [0, 0.1) is 0 Å². The van der Waals surface area contributed by atoms with Crippen LogP contribution in [0.25, 0.3) is 0 Å². The molecule has 0 amide bonds. The third-order valence-corrected chi connectivity index (χ3v) is 4.20. The first-order valence-electron chi connectivity index (χ1n) is 7.39. The molecule has 110 valence electrons. The summed E-state index contributed by atoms with van der Waals surface area (Å²) in [5, 5.41) is 17.4. The van der Waals surface area contributed by atoms with E-state index in [1.165, 1.54) is 6.42 Å². The van der Waals surface area contributed by atoms with Gasteiger partial charge in [-0.1, -0.05) is 0 Å². The van der Waals surface area contributed by atoms with Gasteiger partial charge in [0.05, 0.1) is 5.69 Å². The second kappa shape index (κ2) is 5.93. The minimum absolute atomic E-state index is 0.135. The zero-order chi connectivity index (χ0) is 13.9. The SMILES string of the molecule is O=C(O)c1cn([C@@H]2CCCCN2)nc1C1CCOCC1. The zero-order valence-electron chi connectivity index (χ0n) is 11.5. The molecule has 20 heavy (non-hydrogen) atoms. The van der Waals surface area contributed by atoms with Crippen LogP contribution in [0.3, 0.4) is 0 Å². The van der Waals surface area contributed by atoms with Gasteiger partial charge in [0, 0.05) is 25.3 Å². The van der Waals surface area contributed by atoms with Gasteiger partial charge in [0.2, 0.25) is 0 Å². The highest BCUT2D eigenvalue weighted by Crippen LogP contribution is 2.29. The van der Waals surface area contributed by atoms with E-state index in [-0.39, 0.29) is 12.1 Å². The smallest absolute Gasteiger partial charge is 0.339 e. The molecule has 0 aliphatic carbocycles. The number of aromatic nitrogens is 2. The number of hydrogen-bond donors (Lipinski definition) is 2. The summed E-state index contributed by atoms with van der Waals surface area (Å²) < 4.78 is 7.16. The Bertz CT molecular complexity index is 474. The Labute approximate surface area is 118 Å². The van der Waals surface area contributed by atoms with Crippen LogP contribution in [0.4, 0.5) is 0 Å². The molecule has 2 aliphatic heterocycles. The Morgan fingerprint density at radius 1 is 1.35 bits per heavy atom. The topological polar surface area (TPSA) is 76.4 Å². The van der Waals surface area contributed by atoms with Crippen molar-refractivity contribution in [3.8, 4) is 0 Å². The van der Waals surface area contributed by atoms with E-state index in [4.69, 9.17) is 4.74 Å². The van der Waals surface area contributed by atoms with Crippen LogP contribution >= 0.6 is 0 Å². The van der Waals surface area contributed by atoms with Gasteiger partial charge in [-0.2, -0.15) is 5.10 Å². The van der Waals surface area contributed by atoms with Crippen molar-refractivity contribution in [3.05, 3.63) is 17.5 Å². The second-order valence-electron chi connectivity index (χ2n) is 5.57. The van der Waals surface area contributed by atoms with Crippen LogP contribution in [0.1, 0.15) is 60.2 Å². The number of hydrogen-bond acceptors (Lipinski definition) is 4. The van der Waals surface area contributed by atoms with Crippen molar-refractivity contribution in [1.82, 2.24) is 15.1 Å². The highest BCUT2D eigenvalue weighted by molar-refractivity contribution is 5.88. The molecule has 0 radical (unpaired) electrons. The summed E-state index contributed by atoms with van der Waals surface area (Å²) in [4.78, 5) is 11.5. The summed E-state index contributed by atoms with van der Waals surface area (Å²) in [5.74, 6) is -0.673. The second-order valence-corrected chi connectivity index (χ2v) is 5.57. The van der Waals surface area contributed by atoms with Gasteiger partial charge < -0.3 is 9.84 Å². The molecule has 1 aromatic heterocycles. The Kier molecular flexibility index (Phi) is 4.03. The molecule has 3 rings (SSSR count). The zero-order valence-corrected chi connectivity index (χ0v) is 11.5. The van der Waals surface area contributed by atoms with Crippen molar-refractivity contribution in [1.29, 1.82) is 0 Å². The Morgan fingerprint density at radius 3 is 2.80 bits per heavy atom. The highest BCUT2D eigenvalue weighted by atomic mass is 16.5. The predicted molar refractivity (Wildman–Crippen MR) is 72.9 cm³/mol. The Morgan fingerprint density at radius 2 is 2.15 bits per heavy atom. The number of carboxylic acids is 1. The molecule has 3 heterocycles. The fraction of sp³-hybridized carbons (Fsp3) is 0.714. The van der Waals surface area contributed by atoms with Gasteiger partial charge in [-0.25, -0.2) is 4.79 Å². The minimum atomic E-state index is -0.881. The van der Waals surface area contributed by atoms with Crippen molar-refractivity contribution >= 4 is 5.97 Å². The molecule has 2 N–H and O–H groups in total. The van der Waals surface area contributed by atoms with E-state index in [0.29, 0.717) is 18.8 Å². The van der Waals surface area contributed by atoms with Crippen molar-refractivity contribution in [2.24, 2.45) is 0 Å². The van der Waals surface area contributed by atoms with Crippen LogP contribution in [-0.4, -0.2) is 40.6 Å². The van der Waals surface area contributed by atoms with Gasteiger partial charge >= 0.3 is 5.97 Å². The van der Waals surface area contributed by atoms with E-state index in [1.807, 2.05) is 4.68 Å². The number of piperidine rings is 1. The summed E-state index contributed by atoms with van der Waals surface area (Å²) in [6.07, 6.45) is 6.88. The third-order valence-electron chi connectivity index (χ3n) is 4.20. The molecule has 6 heteroatoms. The van der Waals surface area contributed by atoms with Gasteiger partial charge in [0.25, 0.3) is 0 Å². The van der Waals surface area contributed by atoms with Crippen LogP contribution in [0.15, 0.2) is 6.20 Å². The normalized spacial score (nSPS) is 24.7. The lowest BCUT2D eigenvalue weighted by Gasteiger charge is -2.24. The van der Waals surface area contributed by atoms with Crippen molar-refractivity contribution in [2.45, 2.75) is 44.2 Å². The molecule has 0 aromatic carbocycles. The van der Waals surface area contributed by atoms with E-state index in [9.17, 15) is 9.90 Å². The van der Waals surface area contributed by atoms with E-state index in [0.717, 1.165) is 37.9 Å². The van der Waals surface area contributed by atoms with Crippen LogP contribution in [-0.2, 0) is 4.74 Å². The number of nitrogens with one attached hydrogen (secondary N) is 1. The molecule has 0 bridgehead atoms. The molecule has 6 nitrogen and oxygen atoms in total. The molecule has 2 fully saturated rings. The first-order chi connectivity index (χ1) is 9.75. The highest BCUT2D eigenvalue weighted by Gasteiger charge is 2.27. The maximum atomic E-state index is 11.5. The minimum Gasteiger partial charge on any atom is -0.478 e. The first kappa shape index (κ1) is 13.6. The van der Waals surface area contributed by atoms with Crippen molar-refractivity contribution in [3.63, 3.8) is 0 Å². The van der Waals surface area contributed by atoms with Crippen LogP contribution < -0.4 is 5.32 Å². The monoisotopic (exact) mass is 279 g/mol. The summed E-state index contributed by atoms with van der Waals surface area (Å²) in [6.45, 7) is 2.36. The fourth-order valence-corrected chi connectivity index (χ4v) is 3.06. The maximum absolute atomic E-state index is 11.5. The molecule has 0 spiro atoms. The lowest BCUT2D eigenvalue weighted by atomic mass is 9.94. The van der Waals surface area contributed by atoms with Crippen LogP contribution in [0.2, 0.25) is 0 Å². The van der Waals surface area contributed by atoms with E-state index in [1.54, 1.807) is 6.20 Å². The standard InChI is InChI=1S/C14H21N3O3/c18-14(19)11-9-17(12-3-1-2-6-15-12)16-13(11)10-4-7-20-8-5-10/h9-10,12,15H,1-8H2,(H,18,19)/t12-/m1/s1. The molecule has 2 saturated heterocycles. The number of rotatable bonds is 3. The molecule has 1 atom stereocenters. The van der Waals surface area contributed by atoms with Gasteiger partial charge in [-0.3, -0.25) is 10.00 Å². The van der Waals surface area contributed by atoms with Crippen molar-refractivity contribution < 1.29 is 14.6 Å².